The van der Waals surface area contributed by atoms with Crippen LogP contribution in [-0.2, 0) is 9.53 Å². The Morgan fingerprint density at radius 1 is 1.27 bits per heavy atom. The number of fused-ring (bicyclic) bond motifs is 2. The van der Waals surface area contributed by atoms with E-state index in [0.717, 1.165) is 24.7 Å². The van der Waals surface area contributed by atoms with E-state index in [9.17, 15) is 4.79 Å². The van der Waals surface area contributed by atoms with Crippen LogP contribution >= 0.6 is 0 Å². The predicted molar refractivity (Wildman–Crippen MR) is 56.0 cm³/mol. The summed E-state index contributed by atoms with van der Waals surface area (Å²) in [5.41, 5.74) is 5.99. The number of rotatable bonds is 0. The smallest absolute Gasteiger partial charge is 0.311 e. The van der Waals surface area contributed by atoms with Crippen molar-refractivity contribution >= 4 is 5.97 Å². The van der Waals surface area contributed by atoms with Crippen LogP contribution in [0.3, 0.4) is 0 Å². The number of carbonyl (C=O) groups is 1. The van der Waals surface area contributed by atoms with Gasteiger partial charge in [-0.1, -0.05) is 25.7 Å². The molecule has 3 rings (SSSR count). The van der Waals surface area contributed by atoms with Crippen LogP contribution in [0, 0.1) is 17.8 Å². The highest BCUT2D eigenvalue weighted by Gasteiger charge is 2.53. The van der Waals surface area contributed by atoms with Crippen LogP contribution < -0.4 is 5.73 Å². The predicted octanol–water partition coefficient (Wildman–Crippen LogP) is 1.46. The Balaban J connectivity index is 1.83. The molecule has 84 valence electrons. The van der Waals surface area contributed by atoms with Gasteiger partial charge in [0.2, 0.25) is 0 Å². The van der Waals surface area contributed by atoms with Crippen LogP contribution in [0.2, 0.25) is 0 Å². The van der Waals surface area contributed by atoms with Crippen molar-refractivity contribution in [2.45, 2.75) is 44.1 Å². The summed E-state index contributed by atoms with van der Waals surface area (Å²) in [7, 11) is 0. The third-order valence-corrected chi connectivity index (χ3v) is 4.71. The highest BCUT2D eigenvalue weighted by atomic mass is 16.5. The third kappa shape index (κ3) is 1.40. The Hall–Kier alpha value is -0.570. The minimum Gasteiger partial charge on any atom is -0.463 e. The highest BCUT2D eigenvalue weighted by molar-refractivity contribution is 5.76. The molecule has 0 aromatic carbocycles. The molecule has 4 atom stereocenters. The summed E-state index contributed by atoms with van der Waals surface area (Å²) in [6.45, 7) is 0.458. The van der Waals surface area contributed by atoms with E-state index in [1.165, 1.54) is 25.7 Å². The summed E-state index contributed by atoms with van der Waals surface area (Å²) in [4.78, 5) is 11.6. The molecule has 3 fully saturated rings. The van der Waals surface area contributed by atoms with Crippen molar-refractivity contribution in [1.29, 1.82) is 0 Å². The molecule has 3 nitrogen and oxygen atoms in total. The van der Waals surface area contributed by atoms with E-state index < -0.39 is 0 Å². The van der Waals surface area contributed by atoms with Gasteiger partial charge in [-0.3, -0.25) is 4.79 Å². The Bertz CT molecular complexity index is 291. The minimum atomic E-state index is -0.324. The molecular weight excluding hydrogens is 190 g/mol. The van der Waals surface area contributed by atoms with Gasteiger partial charge in [-0.05, 0) is 24.7 Å². The van der Waals surface area contributed by atoms with E-state index in [2.05, 4.69) is 0 Å². The number of ether oxygens (including phenoxy) is 1. The average Bonchev–Trinajstić information content (AvgIpc) is 2.52. The van der Waals surface area contributed by atoms with Gasteiger partial charge in [-0.15, -0.1) is 0 Å². The molecule has 3 heteroatoms. The first-order chi connectivity index (χ1) is 7.19. The van der Waals surface area contributed by atoms with E-state index in [1.54, 1.807) is 0 Å². The van der Waals surface area contributed by atoms with Gasteiger partial charge in [0.1, 0.15) is 6.61 Å². The number of nitrogens with two attached hydrogens (primary N) is 1. The molecule has 2 aliphatic carbocycles. The summed E-state index contributed by atoms with van der Waals surface area (Å²) in [5, 5.41) is 0. The van der Waals surface area contributed by atoms with Crippen LogP contribution in [0.1, 0.15) is 38.5 Å². The van der Waals surface area contributed by atoms with Crippen LogP contribution in [0.15, 0.2) is 0 Å². The zero-order valence-electron chi connectivity index (χ0n) is 9.08. The largest absolute Gasteiger partial charge is 0.463 e. The van der Waals surface area contributed by atoms with Crippen molar-refractivity contribution in [3.8, 4) is 0 Å². The average molecular weight is 209 g/mol. The molecule has 15 heavy (non-hydrogen) atoms. The maximum atomic E-state index is 11.6. The Kier molecular flexibility index (Phi) is 2.06. The summed E-state index contributed by atoms with van der Waals surface area (Å²) in [6.07, 6.45) is 7.28. The summed E-state index contributed by atoms with van der Waals surface area (Å²) in [6, 6.07) is 0. The van der Waals surface area contributed by atoms with Crippen molar-refractivity contribution < 1.29 is 9.53 Å². The lowest BCUT2D eigenvalue weighted by Gasteiger charge is -2.44. The number of cyclic esters (lactones) is 1. The van der Waals surface area contributed by atoms with Gasteiger partial charge in [-0.2, -0.15) is 0 Å². The second kappa shape index (κ2) is 3.21. The van der Waals surface area contributed by atoms with Gasteiger partial charge < -0.3 is 10.5 Å². The molecule has 1 heterocycles. The van der Waals surface area contributed by atoms with E-state index in [4.69, 9.17) is 10.5 Å². The first-order valence-electron chi connectivity index (χ1n) is 6.14. The molecule has 2 N–H and O–H groups in total. The molecular formula is C12H19NO2. The highest BCUT2D eigenvalue weighted by Crippen LogP contribution is 2.48. The van der Waals surface area contributed by atoms with E-state index in [0.29, 0.717) is 6.61 Å². The molecule has 0 aromatic rings. The monoisotopic (exact) mass is 209 g/mol. The molecule has 0 radical (unpaired) electrons. The fourth-order valence-corrected chi connectivity index (χ4v) is 3.83. The van der Waals surface area contributed by atoms with E-state index >= 15 is 0 Å². The molecule has 0 aromatic heterocycles. The molecule has 2 saturated carbocycles. The molecule has 4 unspecified atom stereocenters. The fraction of sp³-hybridized carbons (Fsp3) is 0.917. The second-order valence-electron chi connectivity index (χ2n) is 5.64. The molecule has 3 aliphatic rings. The van der Waals surface area contributed by atoms with Crippen molar-refractivity contribution in [2.24, 2.45) is 23.5 Å². The molecule has 1 saturated heterocycles. The van der Waals surface area contributed by atoms with Crippen molar-refractivity contribution in [1.82, 2.24) is 0 Å². The second-order valence-corrected chi connectivity index (χ2v) is 5.64. The number of hydrogen-bond acceptors (Lipinski definition) is 3. The summed E-state index contributed by atoms with van der Waals surface area (Å²) in [5.74, 6) is 1.46. The zero-order valence-corrected chi connectivity index (χ0v) is 9.08. The molecule has 0 amide bonds. The quantitative estimate of drug-likeness (QED) is 0.614. The molecule has 0 bridgehead atoms. The number of hydrogen-bond donors (Lipinski definition) is 1. The van der Waals surface area contributed by atoms with Crippen LogP contribution in [0.5, 0.6) is 0 Å². The minimum absolute atomic E-state index is 0.00292. The standard InChI is InChI=1S/C12H19NO2/c13-12-6-9-4-2-1-3-8(9)5-10(12)11(14)15-7-12/h8-10H,1-7,13H2. The Morgan fingerprint density at radius 3 is 2.80 bits per heavy atom. The van der Waals surface area contributed by atoms with Crippen molar-refractivity contribution in [2.75, 3.05) is 6.61 Å². The van der Waals surface area contributed by atoms with E-state index in [1.807, 2.05) is 0 Å². The molecule has 0 spiro atoms. The lowest BCUT2D eigenvalue weighted by molar-refractivity contribution is -0.142. The number of carbonyl (C=O) groups excluding carboxylic acids is 1. The number of esters is 1. The SMILES string of the molecule is NC12COC(=O)C1CC1CCCCC1C2. The Labute approximate surface area is 90.4 Å². The Morgan fingerprint density at radius 2 is 2.00 bits per heavy atom. The third-order valence-electron chi connectivity index (χ3n) is 4.71. The van der Waals surface area contributed by atoms with Crippen molar-refractivity contribution in [3.05, 3.63) is 0 Å². The van der Waals surface area contributed by atoms with Gasteiger partial charge in [0.25, 0.3) is 0 Å². The van der Waals surface area contributed by atoms with Gasteiger partial charge in [0.15, 0.2) is 0 Å². The zero-order chi connectivity index (χ0) is 10.5. The van der Waals surface area contributed by atoms with Gasteiger partial charge >= 0.3 is 5.97 Å². The summed E-state index contributed by atoms with van der Waals surface area (Å²) >= 11 is 0. The maximum absolute atomic E-state index is 11.6. The van der Waals surface area contributed by atoms with Crippen LogP contribution in [0.4, 0.5) is 0 Å². The first kappa shape index (κ1) is 9.64. The van der Waals surface area contributed by atoms with Crippen molar-refractivity contribution in [3.63, 3.8) is 0 Å². The van der Waals surface area contributed by atoms with Gasteiger partial charge in [0.05, 0.1) is 11.5 Å². The summed E-state index contributed by atoms with van der Waals surface area (Å²) < 4.78 is 5.15. The van der Waals surface area contributed by atoms with E-state index in [-0.39, 0.29) is 17.4 Å². The topological polar surface area (TPSA) is 52.3 Å². The molecule has 1 aliphatic heterocycles. The first-order valence-corrected chi connectivity index (χ1v) is 6.14. The van der Waals surface area contributed by atoms with Gasteiger partial charge in [0, 0.05) is 0 Å². The van der Waals surface area contributed by atoms with Crippen LogP contribution in [0.25, 0.3) is 0 Å². The fourth-order valence-electron chi connectivity index (χ4n) is 3.83. The normalized spacial score (nSPS) is 49.4. The lowest BCUT2D eigenvalue weighted by Crippen LogP contribution is -2.54. The maximum Gasteiger partial charge on any atom is 0.311 e. The lowest BCUT2D eigenvalue weighted by atomic mass is 9.61. The van der Waals surface area contributed by atoms with Gasteiger partial charge in [-0.25, -0.2) is 0 Å². The van der Waals surface area contributed by atoms with Crippen LogP contribution in [-0.4, -0.2) is 18.1 Å².